The van der Waals surface area contributed by atoms with Crippen LogP contribution in [0.15, 0.2) is 71.4 Å². The Kier molecular flexibility index (Phi) is 6.94. The summed E-state index contributed by atoms with van der Waals surface area (Å²) >= 11 is 6.04. The molecular weight excluding hydrogens is 454 g/mol. The van der Waals surface area contributed by atoms with E-state index in [1.165, 1.54) is 0 Å². The van der Waals surface area contributed by atoms with Crippen LogP contribution in [0.2, 0.25) is 5.02 Å². The van der Waals surface area contributed by atoms with Crippen molar-refractivity contribution in [3.05, 3.63) is 71.9 Å². The van der Waals surface area contributed by atoms with Crippen molar-refractivity contribution in [3.63, 3.8) is 0 Å². The zero-order chi connectivity index (χ0) is 23.3. The molecule has 34 heavy (non-hydrogen) atoms. The number of ether oxygens (including phenoxy) is 2. The highest BCUT2D eigenvalue weighted by molar-refractivity contribution is 6.30. The maximum absolute atomic E-state index is 10.5. The van der Waals surface area contributed by atoms with Gasteiger partial charge in [0.05, 0.1) is 5.39 Å². The lowest BCUT2D eigenvalue weighted by Gasteiger charge is -2.33. The van der Waals surface area contributed by atoms with Crippen molar-refractivity contribution in [2.75, 3.05) is 26.2 Å². The van der Waals surface area contributed by atoms with Crippen LogP contribution in [0.5, 0.6) is 11.5 Å². The number of rotatable bonds is 8. The average molecular weight is 480 g/mol. The normalized spacial score (nSPS) is 15.9. The highest BCUT2D eigenvalue weighted by atomic mass is 35.5. The van der Waals surface area contributed by atoms with Gasteiger partial charge < -0.3 is 24.0 Å². The first-order valence-corrected chi connectivity index (χ1v) is 11.8. The van der Waals surface area contributed by atoms with Gasteiger partial charge in [-0.25, -0.2) is 4.98 Å². The lowest BCUT2D eigenvalue weighted by Crippen LogP contribution is -2.43. The summed E-state index contributed by atoms with van der Waals surface area (Å²) in [5.74, 6) is 1.47. The maximum atomic E-state index is 10.5. The van der Waals surface area contributed by atoms with E-state index in [9.17, 15) is 5.11 Å². The third-order valence-corrected chi connectivity index (χ3v) is 6.14. The Bertz CT molecular complexity index is 1240. The van der Waals surface area contributed by atoms with Gasteiger partial charge in [0.25, 0.3) is 5.71 Å². The summed E-state index contributed by atoms with van der Waals surface area (Å²) in [4.78, 5) is 6.43. The lowest BCUT2D eigenvalue weighted by molar-refractivity contribution is 0.0402. The van der Waals surface area contributed by atoms with E-state index in [4.69, 9.17) is 25.6 Å². The van der Waals surface area contributed by atoms with Crippen molar-refractivity contribution in [2.24, 2.45) is 0 Å². The molecule has 1 aliphatic heterocycles. The molecule has 0 radical (unpaired) electrons. The molecule has 176 valence electrons. The first-order chi connectivity index (χ1) is 16.6. The molecule has 1 N–H and O–H groups in total. The minimum absolute atomic E-state index is 0.161. The van der Waals surface area contributed by atoms with Gasteiger partial charge in [-0.15, -0.1) is 0 Å². The van der Waals surface area contributed by atoms with Gasteiger partial charge in [0.15, 0.2) is 0 Å². The minimum Gasteiger partial charge on any atom is -0.491 e. The first-order valence-electron chi connectivity index (χ1n) is 11.4. The van der Waals surface area contributed by atoms with Gasteiger partial charge in [0.1, 0.15) is 36.0 Å². The van der Waals surface area contributed by atoms with E-state index < -0.39 is 6.10 Å². The molecule has 0 spiro atoms. The molecule has 1 atom stereocenters. The van der Waals surface area contributed by atoms with Gasteiger partial charge in [-0.2, -0.15) is 0 Å². The van der Waals surface area contributed by atoms with Crippen LogP contribution in [-0.4, -0.2) is 58.6 Å². The fourth-order valence-corrected chi connectivity index (χ4v) is 4.39. The number of fused-ring (bicyclic) bond motifs is 1. The van der Waals surface area contributed by atoms with E-state index in [1.54, 1.807) is 6.20 Å². The Hall–Kier alpha value is -3.13. The van der Waals surface area contributed by atoms with E-state index in [1.807, 2.05) is 60.7 Å². The third-order valence-electron chi connectivity index (χ3n) is 5.90. The van der Waals surface area contributed by atoms with Gasteiger partial charge in [-0.1, -0.05) is 35.0 Å². The number of pyridine rings is 1. The number of β-amino-alcohol motifs (C(OH)–C–C–N with tert-alkyl or cyclic N) is 1. The monoisotopic (exact) mass is 479 g/mol. The summed E-state index contributed by atoms with van der Waals surface area (Å²) < 4.78 is 17.2. The summed E-state index contributed by atoms with van der Waals surface area (Å²) in [6.07, 6.45) is 3.05. The fourth-order valence-electron chi connectivity index (χ4n) is 4.21. The third kappa shape index (κ3) is 5.50. The zero-order valence-electron chi connectivity index (χ0n) is 18.6. The van der Waals surface area contributed by atoms with Crippen LogP contribution in [0, 0.1) is 0 Å². The molecule has 7 nitrogen and oxygen atoms in total. The first kappa shape index (κ1) is 22.7. The van der Waals surface area contributed by atoms with Crippen molar-refractivity contribution in [1.82, 2.24) is 15.0 Å². The topological polar surface area (TPSA) is 80.8 Å². The number of halogens is 1. The molecule has 1 aliphatic rings. The highest BCUT2D eigenvalue weighted by Crippen LogP contribution is 2.29. The zero-order valence-corrected chi connectivity index (χ0v) is 19.4. The second kappa shape index (κ2) is 10.4. The Morgan fingerprint density at radius 1 is 1.06 bits per heavy atom. The number of piperidine rings is 1. The van der Waals surface area contributed by atoms with Crippen LogP contribution in [0.4, 0.5) is 0 Å². The predicted octanol–water partition coefficient (Wildman–Crippen LogP) is 4.83. The van der Waals surface area contributed by atoms with Gasteiger partial charge in [0, 0.05) is 36.4 Å². The van der Waals surface area contributed by atoms with Crippen molar-refractivity contribution < 1.29 is 19.1 Å². The summed E-state index contributed by atoms with van der Waals surface area (Å²) in [5, 5.41) is 16.2. The van der Waals surface area contributed by atoms with E-state index in [0.717, 1.165) is 48.3 Å². The van der Waals surface area contributed by atoms with Crippen molar-refractivity contribution in [3.8, 4) is 22.8 Å². The number of hydrogen-bond donors (Lipinski definition) is 1. The van der Waals surface area contributed by atoms with Crippen molar-refractivity contribution in [1.29, 1.82) is 0 Å². The Morgan fingerprint density at radius 3 is 2.74 bits per heavy atom. The molecule has 5 rings (SSSR count). The van der Waals surface area contributed by atoms with Crippen LogP contribution in [-0.2, 0) is 0 Å². The number of aromatic nitrogens is 2. The second-order valence-corrected chi connectivity index (χ2v) is 8.89. The molecule has 4 aromatic rings. The standard InChI is InChI=1S/C26H26ClN3O4/c27-19-5-2-7-23(15-19)33-21-9-12-30(13-10-21)16-20(31)17-32-22-6-1-4-18(14-22)25-24-8-3-11-28-26(24)34-29-25/h1-8,11,14-15,20-21,31H,9-10,12-13,16-17H2. The van der Waals surface area contributed by atoms with Gasteiger partial charge >= 0.3 is 0 Å². The molecule has 1 unspecified atom stereocenters. The summed E-state index contributed by atoms with van der Waals surface area (Å²) in [7, 11) is 0. The summed E-state index contributed by atoms with van der Waals surface area (Å²) in [5.41, 5.74) is 2.10. The number of aliphatic hydroxyl groups is 1. The largest absolute Gasteiger partial charge is 0.491 e. The lowest BCUT2D eigenvalue weighted by atomic mass is 10.1. The van der Waals surface area contributed by atoms with Crippen LogP contribution in [0.25, 0.3) is 22.4 Å². The fraction of sp³-hybridized carbons (Fsp3) is 0.308. The average Bonchev–Trinajstić information content (AvgIpc) is 3.29. The Labute approximate surface area is 202 Å². The van der Waals surface area contributed by atoms with Crippen LogP contribution < -0.4 is 9.47 Å². The molecule has 2 aromatic carbocycles. The summed E-state index contributed by atoms with van der Waals surface area (Å²) in [6.45, 7) is 2.50. The smallest absolute Gasteiger partial charge is 0.258 e. The molecule has 0 saturated carbocycles. The Morgan fingerprint density at radius 2 is 1.88 bits per heavy atom. The highest BCUT2D eigenvalue weighted by Gasteiger charge is 2.22. The molecule has 1 fully saturated rings. The van der Waals surface area contributed by atoms with Crippen molar-refractivity contribution in [2.45, 2.75) is 25.0 Å². The Balaban J connectivity index is 1.10. The van der Waals surface area contributed by atoms with Gasteiger partial charge in [-0.3, -0.25) is 0 Å². The molecule has 1 saturated heterocycles. The number of aliphatic hydroxyl groups excluding tert-OH is 1. The molecule has 3 heterocycles. The quantitative estimate of drug-likeness (QED) is 0.387. The van der Waals surface area contributed by atoms with Gasteiger partial charge in [0.2, 0.25) is 0 Å². The number of likely N-dealkylation sites (tertiary alicyclic amines) is 1. The SMILES string of the molecule is OC(COc1cccc(-c2noc3ncccc23)c1)CN1CCC(Oc2cccc(Cl)c2)CC1. The molecule has 8 heteroatoms. The number of benzene rings is 2. The molecule has 2 aromatic heterocycles. The van der Waals surface area contributed by atoms with Gasteiger partial charge in [-0.05, 0) is 55.3 Å². The molecule has 0 amide bonds. The van der Waals surface area contributed by atoms with Crippen LogP contribution in [0.3, 0.4) is 0 Å². The number of hydrogen-bond acceptors (Lipinski definition) is 7. The van der Waals surface area contributed by atoms with E-state index in [-0.39, 0.29) is 12.7 Å². The molecule has 0 aliphatic carbocycles. The molecular formula is C26H26ClN3O4. The predicted molar refractivity (Wildman–Crippen MR) is 130 cm³/mol. The van der Waals surface area contributed by atoms with E-state index in [0.29, 0.717) is 23.0 Å². The van der Waals surface area contributed by atoms with Crippen LogP contribution in [0.1, 0.15) is 12.8 Å². The summed E-state index contributed by atoms with van der Waals surface area (Å²) in [6, 6.07) is 18.9. The van der Waals surface area contributed by atoms with Crippen LogP contribution >= 0.6 is 11.6 Å². The van der Waals surface area contributed by atoms with E-state index in [2.05, 4.69) is 15.0 Å². The van der Waals surface area contributed by atoms with Crippen molar-refractivity contribution >= 4 is 22.7 Å². The second-order valence-electron chi connectivity index (χ2n) is 8.46. The minimum atomic E-state index is -0.592. The van der Waals surface area contributed by atoms with E-state index >= 15 is 0 Å². The maximum Gasteiger partial charge on any atom is 0.258 e. The molecule has 0 bridgehead atoms. The number of nitrogens with zero attached hydrogens (tertiary/aromatic N) is 3.